The molecule has 0 aromatic carbocycles. The minimum Gasteiger partial charge on any atom is -0.367 e. The maximum atomic E-state index is 6.16. The minimum atomic E-state index is -0.257. The van der Waals surface area contributed by atoms with Crippen LogP contribution in [0.15, 0.2) is 0 Å². The van der Waals surface area contributed by atoms with E-state index in [1.54, 1.807) is 0 Å². The zero-order valence-electron chi connectivity index (χ0n) is 13.1. The predicted molar refractivity (Wildman–Crippen MR) is 84.5 cm³/mol. The van der Waals surface area contributed by atoms with E-state index in [2.05, 4.69) is 30.7 Å². The number of aromatic nitrogens is 2. The number of hydrogen-bond donors (Lipinski definition) is 1. The van der Waals surface area contributed by atoms with E-state index in [9.17, 15) is 0 Å². The first-order valence-corrected chi connectivity index (χ1v) is 8.17. The maximum absolute atomic E-state index is 6.16. The Hall–Kier alpha value is -0.740. The van der Waals surface area contributed by atoms with Crippen LogP contribution in [-0.4, -0.2) is 16.6 Å². The van der Waals surface area contributed by atoms with Crippen LogP contribution in [0.2, 0.25) is 0 Å². The molecule has 4 heteroatoms. The van der Waals surface area contributed by atoms with Gasteiger partial charge in [0.2, 0.25) is 0 Å². The fourth-order valence-electron chi connectivity index (χ4n) is 3.10. The summed E-state index contributed by atoms with van der Waals surface area (Å²) in [5, 5.41) is 0. The lowest BCUT2D eigenvalue weighted by atomic mass is 9.78. The molecule has 3 nitrogen and oxygen atoms in total. The van der Waals surface area contributed by atoms with E-state index in [-0.39, 0.29) is 5.60 Å². The van der Waals surface area contributed by atoms with Gasteiger partial charge in [0.15, 0.2) is 0 Å². The lowest BCUT2D eigenvalue weighted by Gasteiger charge is -2.38. The molecular formula is C16H26N2OS. The van der Waals surface area contributed by atoms with Gasteiger partial charge in [0, 0.05) is 17.9 Å². The fraction of sp³-hybridized carbons (Fsp3) is 0.750. The lowest BCUT2D eigenvalue weighted by Crippen LogP contribution is -2.36. The minimum absolute atomic E-state index is 0.257. The van der Waals surface area contributed by atoms with E-state index >= 15 is 0 Å². The van der Waals surface area contributed by atoms with Crippen molar-refractivity contribution in [2.45, 2.75) is 65.4 Å². The fourth-order valence-corrected chi connectivity index (χ4v) is 3.32. The second-order valence-corrected chi connectivity index (χ2v) is 6.34. The third kappa shape index (κ3) is 2.96. The molecule has 1 N–H and O–H groups in total. The van der Waals surface area contributed by atoms with Gasteiger partial charge in [-0.25, -0.2) is 4.98 Å². The molecule has 0 unspecified atom stereocenters. The van der Waals surface area contributed by atoms with Gasteiger partial charge in [-0.05, 0) is 51.9 Å². The monoisotopic (exact) mass is 294 g/mol. The largest absolute Gasteiger partial charge is 0.367 e. The van der Waals surface area contributed by atoms with E-state index in [0.29, 0.717) is 11.2 Å². The zero-order valence-corrected chi connectivity index (χ0v) is 13.9. The SMILES string of the molecule is CCOC1(c2nc(=S)c(C)c(CC)[nH]2)CCC(C)CC1. The molecule has 1 fully saturated rings. The number of rotatable bonds is 4. The van der Waals surface area contributed by atoms with E-state index in [0.717, 1.165) is 36.6 Å². The number of hydrogen-bond acceptors (Lipinski definition) is 3. The van der Waals surface area contributed by atoms with Crippen LogP contribution in [0.25, 0.3) is 0 Å². The highest BCUT2D eigenvalue weighted by atomic mass is 32.1. The average molecular weight is 294 g/mol. The Labute approximate surface area is 127 Å². The summed E-state index contributed by atoms with van der Waals surface area (Å²) in [5.41, 5.74) is 2.03. The number of H-pyrrole nitrogens is 1. The van der Waals surface area contributed by atoms with Gasteiger partial charge in [-0.2, -0.15) is 0 Å². The summed E-state index contributed by atoms with van der Waals surface area (Å²) in [7, 11) is 0. The second kappa shape index (κ2) is 6.35. The van der Waals surface area contributed by atoms with Crippen molar-refractivity contribution in [2.75, 3.05) is 6.61 Å². The Kier molecular flexibility index (Phi) is 4.97. The van der Waals surface area contributed by atoms with Crippen molar-refractivity contribution in [3.63, 3.8) is 0 Å². The van der Waals surface area contributed by atoms with Crippen LogP contribution in [0.3, 0.4) is 0 Å². The first-order chi connectivity index (χ1) is 9.52. The van der Waals surface area contributed by atoms with Gasteiger partial charge in [-0.1, -0.05) is 26.1 Å². The van der Waals surface area contributed by atoms with Crippen molar-refractivity contribution in [3.8, 4) is 0 Å². The second-order valence-electron chi connectivity index (χ2n) is 5.96. The summed E-state index contributed by atoms with van der Waals surface area (Å²) in [6.45, 7) is 9.28. The van der Waals surface area contributed by atoms with Crippen LogP contribution in [0.5, 0.6) is 0 Å². The number of nitrogens with zero attached hydrogens (tertiary/aromatic N) is 1. The Morgan fingerprint density at radius 2 is 2.00 bits per heavy atom. The lowest BCUT2D eigenvalue weighted by molar-refractivity contribution is -0.0839. The highest BCUT2D eigenvalue weighted by Crippen LogP contribution is 2.41. The van der Waals surface area contributed by atoms with Crippen molar-refractivity contribution in [2.24, 2.45) is 5.92 Å². The number of ether oxygens (including phenoxy) is 1. The Morgan fingerprint density at radius 3 is 2.55 bits per heavy atom. The van der Waals surface area contributed by atoms with Gasteiger partial charge in [-0.15, -0.1) is 0 Å². The van der Waals surface area contributed by atoms with E-state index in [1.807, 2.05) is 6.92 Å². The molecule has 0 aliphatic heterocycles. The Balaban J connectivity index is 2.44. The summed E-state index contributed by atoms with van der Waals surface area (Å²) >= 11 is 5.43. The van der Waals surface area contributed by atoms with E-state index in [4.69, 9.17) is 17.0 Å². The van der Waals surface area contributed by atoms with Crippen molar-refractivity contribution < 1.29 is 4.74 Å². The average Bonchev–Trinajstić information content (AvgIpc) is 2.44. The molecule has 0 atom stereocenters. The Bertz CT molecular complexity index is 516. The molecule has 0 saturated heterocycles. The van der Waals surface area contributed by atoms with E-state index in [1.165, 1.54) is 18.5 Å². The van der Waals surface area contributed by atoms with Gasteiger partial charge < -0.3 is 9.72 Å². The van der Waals surface area contributed by atoms with Gasteiger partial charge in [0.1, 0.15) is 16.1 Å². The van der Waals surface area contributed by atoms with Gasteiger partial charge in [0.25, 0.3) is 0 Å². The molecule has 0 amide bonds. The quantitative estimate of drug-likeness (QED) is 0.834. The van der Waals surface area contributed by atoms with Crippen molar-refractivity contribution >= 4 is 12.2 Å². The first-order valence-electron chi connectivity index (χ1n) is 7.76. The van der Waals surface area contributed by atoms with Crippen LogP contribution in [-0.2, 0) is 16.8 Å². The molecule has 0 spiro atoms. The van der Waals surface area contributed by atoms with Crippen LogP contribution >= 0.6 is 12.2 Å². The molecule has 112 valence electrons. The number of nitrogens with one attached hydrogen (secondary N) is 1. The molecule has 1 aliphatic rings. The molecule has 2 rings (SSSR count). The Morgan fingerprint density at radius 1 is 1.35 bits per heavy atom. The third-order valence-electron chi connectivity index (χ3n) is 4.54. The molecule has 0 bridgehead atoms. The molecular weight excluding hydrogens is 268 g/mol. The molecule has 1 heterocycles. The van der Waals surface area contributed by atoms with Gasteiger partial charge in [0.05, 0.1) is 0 Å². The van der Waals surface area contributed by atoms with Crippen molar-refractivity contribution in [3.05, 3.63) is 21.7 Å². The van der Waals surface area contributed by atoms with Crippen molar-refractivity contribution in [1.82, 2.24) is 9.97 Å². The normalized spacial score (nSPS) is 26.7. The molecule has 1 aliphatic carbocycles. The summed E-state index contributed by atoms with van der Waals surface area (Å²) in [6, 6.07) is 0. The maximum Gasteiger partial charge on any atom is 0.140 e. The smallest absolute Gasteiger partial charge is 0.140 e. The summed E-state index contributed by atoms with van der Waals surface area (Å²) in [6.07, 6.45) is 5.40. The van der Waals surface area contributed by atoms with Crippen LogP contribution < -0.4 is 0 Å². The van der Waals surface area contributed by atoms with Crippen molar-refractivity contribution in [1.29, 1.82) is 0 Å². The molecule has 20 heavy (non-hydrogen) atoms. The summed E-state index contributed by atoms with van der Waals surface area (Å²) in [5.74, 6) is 1.72. The molecule has 1 aromatic rings. The first kappa shape index (κ1) is 15.6. The third-order valence-corrected chi connectivity index (χ3v) is 4.94. The predicted octanol–water partition coefficient (Wildman–Crippen LogP) is 4.45. The van der Waals surface area contributed by atoms with Crippen LogP contribution in [0, 0.1) is 17.5 Å². The van der Waals surface area contributed by atoms with Gasteiger partial charge in [-0.3, -0.25) is 0 Å². The topological polar surface area (TPSA) is 37.9 Å². The molecule has 1 aromatic heterocycles. The van der Waals surface area contributed by atoms with E-state index < -0.39 is 0 Å². The summed E-state index contributed by atoms with van der Waals surface area (Å²) < 4.78 is 6.88. The van der Waals surface area contributed by atoms with Crippen LogP contribution in [0.4, 0.5) is 0 Å². The zero-order chi connectivity index (χ0) is 14.8. The number of aryl methyl sites for hydroxylation is 1. The molecule has 1 saturated carbocycles. The number of aromatic amines is 1. The standard InChI is InChI=1S/C16H26N2OS/c1-5-13-12(4)14(20)18-15(17-13)16(19-6-2)9-7-11(3)8-10-16/h11H,5-10H2,1-4H3,(H,17,18,20). The molecule has 0 radical (unpaired) electrons. The van der Waals surface area contributed by atoms with Gasteiger partial charge >= 0.3 is 0 Å². The highest BCUT2D eigenvalue weighted by molar-refractivity contribution is 7.71. The highest BCUT2D eigenvalue weighted by Gasteiger charge is 2.39. The van der Waals surface area contributed by atoms with Crippen LogP contribution in [0.1, 0.15) is 63.5 Å². The summed E-state index contributed by atoms with van der Waals surface area (Å²) in [4.78, 5) is 8.17.